The van der Waals surface area contributed by atoms with Crippen LogP contribution in [-0.4, -0.2) is 68.8 Å². The lowest BCUT2D eigenvalue weighted by molar-refractivity contribution is -0.121. The number of methoxy groups -OCH3 is 1. The van der Waals surface area contributed by atoms with Gasteiger partial charge in [-0.25, -0.2) is 5.43 Å². The Kier molecular flexibility index (Phi) is 6.36. The molecule has 0 aromatic heterocycles. The molecule has 0 radical (unpaired) electrons. The van der Waals surface area contributed by atoms with Crippen molar-refractivity contribution in [3.63, 3.8) is 0 Å². The smallest absolute Gasteiger partial charge is 0.241 e. The van der Waals surface area contributed by atoms with Crippen molar-refractivity contribution in [2.24, 2.45) is 5.10 Å². The first-order chi connectivity index (χ1) is 10.7. The van der Waals surface area contributed by atoms with Crippen LogP contribution in [0, 0.1) is 0 Å². The number of amides is 1. The lowest BCUT2D eigenvalue weighted by Gasteiger charge is -2.32. The highest BCUT2D eigenvalue weighted by molar-refractivity contribution is 5.85. The molecule has 0 unspecified atom stereocenters. The molecule has 0 saturated carbocycles. The molecule has 1 aliphatic rings. The molecule has 0 spiro atoms. The number of carbonyl (C=O) groups is 1. The standard InChI is InChI=1S/C16H24N4O2/c1-19-9-11-20(12-10-19)8-7-16(21)18-17-13-14-5-3-4-6-15(14)22-2/h3-6,13H,7-12H2,1-2H3,(H,18,21). The van der Waals surface area contributed by atoms with Crippen LogP contribution in [0.1, 0.15) is 12.0 Å². The number of likely N-dealkylation sites (N-methyl/N-ethyl adjacent to an activating group) is 1. The van der Waals surface area contributed by atoms with Gasteiger partial charge in [-0.1, -0.05) is 12.1 Å². The molecule has 6 nitrogen and oxygen atoms in total. The van der Waals surface area contributed by atoms with Crippen LogP contribution in [-0.2, 0) is 4.79 Å². The van der Waals surface area contributed by atoms with Crippen LogP contribution in [0.15, 0.2) is 29.4 Å². The summed E-state index contributed by atoms with van der Waals surface area (Å²) in [7, 11) is 3.73. The molecule has 0 atom stereocenters. The molecular weight excluding hydrogens is 280 g/mol. The van der Waals surface area contributed by atoms with E-state index in [2.05, 4.69) is 27.4 Å². The summed E-state index contributed by atoms with van der Waals surface area (Å²) in [6.07, 6.45) is 2.07. The number of hydrogen-bond donors (Lipinski definition) is 1. The molecule has 22 heavy (non-hydrogen) atoms. The second kappa shape index (κ2) is 8.51. The highest BCUT2D eigenvalue weighted by Crippen LogP contribution is 2.14. The number of para-hydroxylation sites is 1. The zero-order chi connectivity index (χ0) is 15.8. The van der Waals surface area contributed by atoms with Gasteiger partial charge < -0.3 is 14.5 Å². The number of hydrazone groups is 1. The molecule has 1 aliphatic heterocycles. The Morgan fingerprint density at radius 1 is 1.32 bits per heavy atom. The van der Waals surface area contributed by atoms with Gasteiger partial charge in [0, 0.05) is 44.7 Å². The highest BCUT2D eigenvalue weighted by atomic mass is 16.5. The summed E-state index contributed by atoms with van der Waals surface area (Å²) in [4.78, 5) is 16.4. The maximum absolute atomic E-state index is 11.8. The zero-order valence-corrected chi connectivity index (χ0v) is 13.3. The van der Waals surface area contributed by atoms with E-state index in [-0.39, 0.29) is 5.91 Å². The van der Waals surface area contributed by atoms with E-state index < -0.39 is 0 Å². The first-order valence-electron chi connectivity index (χ1n) is 7.55. The van der Waals surface area contributed by atoms with Crippen LogP contribution in [0.4, 0.5) is 0 Å². The molecule has 1 aromatic rings. The van der Waals surface area contributed by atoms with E-state index in [1.807, 2.05) is 24.3 Å². The molecular formula is C16H24N4O2. The molecule has 1 fully saturated rings. The molecule has 1 heterocycles. The van der Waals surface area contributed by atoms with E-state index in [0.29, 0.717) is 6.42 Å². The summed E-state index contributed by atoms with van der Waals surface area (Å²) in [5.74, 6) is 0.669. The third-order valence-corrected chi connectivity index (χ3v) is 3.78. The maximum Gasteiger partial charge on any atom is 0.241 e. The monoisotopic (exact) mass is 304 g/mol. The molecule has 0 bridgehead atoms. The molecule has 1 saturated heterocycles. The molecule has 6 heteroatoms. The number of nitrogens with one attached hydrogen (secondary N) is 1. The Hall–Kier alpha value is -1.92. The van der Waals surface area contributed by atoms with Gasteiger partial charge in [-0.05, 0) is 19.2 Å². The first kappa shape index (κ1) is 16.5. The van der Waals surface area contributed by atoms with Gasteiger partial charge in [0.1, 0.15) is 5.75 Å². The van der Waals surface area contributed by atoms with Crippen molar-refractivity contribution in [1.82, 2.24) is 15.2 Å². The minimum atomic E-state index is -0.0647. The minimum absolute atomic E-state index is 0.0647. The average Bonchev–Trinajstić information content (AvgIpc) is 2.55. The largest absolute Gasteiger partial charge is 0.496 e. The van der Waals surface area contributed by atoms with E-state index in [1.54, 1.807) is 13.3 Å². The molecule has 2 rings (SSSR count). The predicted octanol–water partition coefficient (Wildman–Crippen LogP) is 0.783. The van der Waals surface area contributed by atoms with Crippen molar-refractivity contribution in [3.8, 4) is 5.75 Å². The third-order valence-electron chi connectivity index (χ3n) is 3.78. The Bertz CT molecular complexity index is 511. The lowest BCUT2D eigenvalue weighted by Crippen LogP contribution is -2.45. The van der Waals surface area contributed by atoms with E-state index >= 15 is 0 Å². The van der Waals surface area contributed by atoms with Crippen molar-refractivity contribution in [3.05, 3.63) is 29.8 Å². The SMILES string of the molecule is COc1ccccc1C=NNC(=O)CCN1CCN(C)CC1. The first-order valence-corrected chi connectivity index (χ1v) is 7.55. The molecule has 1 amide bonds. The van der Waals surface area contributed by atoms with Crippen LogP contribution in [0.3, 0.4) is 0 Å². The van der Waals surface area contributed by atoms with E-state index in [4.69, 9.17) is 4.74 Å². The van der Waals surface area contributed by atoms with Gasteiger partial charge in [0.25, 0.3) is 0 Å². The van der Waals surface area contributed by atoms with Crippen LogP contribution in [0.25, 0.3) is 0 Å². The van der Waals surface area contributed by atoms with Crippen molar-refractivity contribution in [2.75, 3.05) is 46.9 Å². The predicted molar refractivity (Wildman–Crippen MR) is 87.3 cm³/mol. The van der Waals surface area contributed by atoms with Crippen molar-refractivity contribution >= 4 is 12.1 Å². The summed E-state index contributed by atoms with van der Waals surface area (Å²) in [5.41, 5.74) is 3.41. The van der Waals surface area contributed by atoms with Gasteiger partial charge in [-0.15, -0.1) is 0 Å². The second-order valence-corrected chi connectivity index (χ2v) is 5.43. The van der Waals surface area contributed by atoms with Gasteiger partial charge in [-0.2, -0.15) is 5.10 Å². The Balaban J connectivity index is 1.72. The fraction of sp³-hybridized carbons (Fsp3) is 0.500. The second-order valence-electron chi connectivity index (χ2n) is 5.43. The van der Waals surface area contributed by atoms with Gasteiger partial charge in [0.15, 0.2) is 0 Å². The van der Waals surface area contributed by atoms with E-state index in [9.17, 15) is 4.79 Å². The Labute approximate surface area is 131 Å². The van der Waals surface area contributed by atoms with Crippen molar-refractivity contribution in [1.29, 1.82) is 0 Å². The van der Waals surface area contributed by atoms with Crippen LogP contribution >= 0.6 is 0 Å². The van der Waals surface area contributed by atoms with Crippen molar-refractivity contribution < 1.29 is 9.53 Å². The van der Waals surface area contributed by atoms with E-state index in [1.165, 1.54) is 0 Å². The van der Waals surface area contributed by atoms with Gasteiger partial charge >= 0.3 is 0 Å². The number of benzene rings is 1. The summed E-state index contributed by atoms with van der Waals surface area (Å²) in [5, 5.41) is 3.99. The van der Waals surface area contributed by atoms with Gasteiger partial charge in [0.05, 0.1) is 13.3 Å². The highest BCUT2D eigenvalue weighted by Gasteiger charge is 2.14. The number of hydrogen-bond acceptors (Lipinski definition) is 5. The van der Waals surface area contributed by atoms with Crippen LogP contribution in [0.2, 0.25) is 0 Å². The summed E-state index contributed by atoms with van der Waals surface area (Å²) < 4.78 is 5.22. The Morgan fingerprint density at radius 2 is 2.05 bits per heavy atom. The van der Waals surface area contributed by atoms with Gasteiger partial charge in [-0.3, -0.25) is 4.79 Å². The number of ether oxygens (including phenoxy) is 1. The number of piperazine rings is 1. The summed E-state index contributed by atoms with van der Waals surface area (Å²) in [6, 6.07) is 7.54. The fourth-order valence-corrected chi connectivity index (χ4v) is 2.33. The molecule has 1 aromatic carbocycles. The van der Waals surface area contributed by atoms with Gasteiger partial charge in [0.2, 0.25) is 5.91 Å². The normalized spacial score (nSPS) is 16.8. The quantitative estimate of drug-likeness (QED) is 0.623. The molecule has 0 aliphatic carbocycles. The van der Waals surface area contributed by atoms with Crippen LogP contribution in [0.5, 0.6) is 5.75 Å². The average molecular weight is 304 g/mol. The number of rotatable bonds is 6. The summed E-state index contributed by atoms with van der Waals surface area (Å²) in [6.45, 7) is 4.95. The minimum Gasteiger partial charge on any atom is -0.496 e. The summed E-state index contributed by atoms with van der Waals surface area (Å²) >= 11 is 0. The number of carbonyl (C=O) groups excluding carboxylic acids is 1. The topological polar surface area (TPSA) is 57.2 Å². The third kappa shape index (κ3) is 5.13. The van der Waals surface area contributed by atoms with E-state index in [0.717, 1.165) is 44.0 Å². The number of nitrogens with zero attached hydrogens (tertiary/aromatic N) is 3. The Morgan fingerprint density at radius 3 is 2.77 bits per heavy atom. The lowest BCUT2D eigenvalue weighted by atomic mass is 10.2. The molecule has 120 valence electrons. The zero-order valence-electron chi connectivity index (χ0n) is 13.3. The van der Waals surface area contributed by atoms with Crippen LogP contribution < -0.4 is 10.2 Å². The molecule has 1 N–H and O–H groups in total. The fourth-order valence-electron chi connectivity index (χ4n) is 2.33. The van der Waals surface area contributed by atoms with Crippen molar-refractivity contribution in [2.45, 2.75) is 6.42 Å². The maximum atomic E-state index is 11.8.